The standard InChI is InChI=1S/C21H22BrNO6/c1-14(5-10-19(25)26)20(15-3-2-4-18(13-15)28-12-11-24)29-21(27)23-17-8-6-16(22)7-9-17/h2-10,13-14,20,24H,11-12H2,1H3,(H,23,27)(H,25,26)/b10-5+/t14-,20+/m1/s1. The topological polar surface area (TPSA) is 105 Å². The largest absolute Gasteiger partial charge is 0.491 e. The quantitative estimate of drug-likeness (QED) is 0.476. The number of carboxylic acid groups (broad SMARTS) is 1. The van der Waals surface area contributed by atoms with Crippen LogP contribution in [0.3, 0.4) is 0 Å². The summed E-state index contributed by atoms with van der Waals surface area (Å²) in [6, 6.07) is 13.9. The average molecular weight is 464 g/mol. The van der Waals surface area contributed by atoms with E-state index in [1.54, 1.807) is 55.5 Å². The third kappa shape index (κ3) is 7.59. The first-order valence-electron chi connectivity index (χ1n) is 8.87. The summed E-state index contributed by atoms with van der Waals surface area (Å²) in [6.07, 6.45) is 1.05. The van der Waals surface area contributed by atoms with Crippen LogP contribution in [0.15, 0.2) is 65.2 Å². The maximum Gasteiger partial charge on any atom is 0.412 e. The number of carbonyl (C=O) groups is 2. The SMILES string of the molecule is C[C@H](/C=C/C(=O)O)[C@H](OC(=O)Nc1ccc(Br)cc1)c1cccc(OCCO)c1. The Morgan fingerprint density at radius 3 is 2.59 bits per heavy atom. The van der Waals surface area contributed by atoms with Crippen LogP contribution in [0, 0.1) is 5.92 Å². The monoisotopic (exact) mass is 463 g/mol. The van der Waals surface area contributed by atoms with Gasteiger partial charge in [0.1, 0.15) is 18.5 Å². The lowest BCUT2D eigenvalue weighted by Gasteiger charge is -2.23. The summed E-state index contributed by atoms with van der Waals surface area (Å²) in [7, 11) is 0. The fourth-order valence-electron chi connectivity index (χ4n) is 2.55. The van der Waals surface area contributed by atoms with E-state index in [9.17, 15) is 9.59 Å². The molecule has 154 valence electrons. The first-order chi connectivity index (χ1) is 13.9. The van der Waals surface area contributed by atoms with Gasteiger partial charge in [-0.2, -0.15) is 0 Å². The molecule has 0 bridgehead atoms. The van der Waals surface area contributed by atoms with Crippen LogP contribution in [0.25, 0.3) is 0 Å². The molecule has 0 fully saturated rings. The number of aliphatic carboxylic acids is 1. The number of benzene rings is 2. The highest BCUT2D eigenvalue weighted by Gasteiger charge is 2.23. The van der Waals surface area contributed by atoms with Crippen molar-refractivity contribution in [2.24, 2.45) is 5.92 Å². The predicted octanol–water partition coefficient (Wildman–Crippen LogP) is 4.39. The molecule has 29 heavy (non-hydrogen) atoms. The first kappa shape index (κ1) is 22.4. The van der Waals surface area contributed by atoms with Crippen molar-refractivity contribution >= 4 is 33.7 Å². The van der Waals surface area contributed by atoms with Gasteiger partial charge >= 0.3 is 12.1 Å². The lowest BCUT2D eigenvalue weighted by Crippen LogP contribution is -2.21. The third-order valence-corrected chi connectivity index (χ3v) is 4.42. The summed E-state index contributed by atoms with van der Waals surface area (Å²) in [4.78, 5) is 23.3. The highest BCUT2D eigenvalue weighted by Crippen LogP contribution is 2.30. The number of carboxylic acids is 1. The van der Waals surface area contributed by atoms with Crippen LogP contribution < -0.4 is 10.1 Å². The number of ether oxygens (including phenoxy) is 2. The molecule has 7 nitrogen and oxygen atoms in total. The number of amides is 1. The number of hydrogen-bond acceptors (Lipinski definition) is 5. The summed E-state index contributed by atoms with van der Waals surface area (Å²) in [5.74, 6) is -1.00. The van der Waals surface area contributed by atoms with Gasteiger partial charge in [-0.1, -0.05) is 41.1 Å². The molecule has 0 aromatic heterocycles. The molecule has 2 aromatic rings. The van der Waals surface area contributed by atoms with E-state index in [4.69, 9.17) is 19.7 Å². The van der Waals surface area contributed by atoms with Crippen molar-refractivity contribution in [2.45, 2.75) is 13.0 Å². The van der Waals surface area contributed by atoms with Gasteiger partial charge in [-0.15, -0.1) is 0 Å². The van der Waals surface area contributed by atoms with Crippen LogP contribution in [0.2, 0.25) is 0 Å². The Balaban J connectivity index is 2.21. The van der Waals surface area contributed by atoms with Crippen molar-refractivity contribution in [3.8, 4) is 5.75 Å². The third-order valence-electron chi connectivity index (χ3n) is 3.89. The molecule has 0 saturated heterocycles. The Bertz CT molecular complexity index is 853. The number of aliphatic hydroxyl groups is 1. The van der Waals surface area contributed by atoms with Gasteiger partial charge in [0.15, 0.2) is 0 Å². The van der Waals surface area contributed by atoms with E-state index in [2.05, 4.69) is 21.2 Å². The van der Waals surface area contributed by atoms with Crippen molar-refractivity contribution in [1.82, 2.24) is 0 Å². The highest BCUT2D eigenvalue weighted by atomic mass is 79.9. The summed E-state index contributed by atoms with van der Waals surface area (Å²) in [5.41, 5.74) is 1.19. The summed E-state index contributed by atoms with van der Waals surface area (Å²) < 4.78 is 11.9. The molecule has 0 spiro atoms. The molecule has 3 N–H and O–H groups in total. The Morgan fingerprint density at radius 1 is 1.21 bits per heavy atom. The zero-order valence-corrected chi connectivity index (χ0v) is 17.3. The van der Waals surface area contributed by atoms with Crippen LogP contribution in [0.1, 0.15) is 18.6 Å². The average Bonchev–Trinajstić information content (AvgIpc) is 2.70. The molecule has 2 aromatic carbocycles. The summed E-state index contributed by atoms with van der Waals surface area (Å²) in [6.45, 7) is 1.75. The molecular weight excluding hydrogens is 442 g/mol. The second-order valence-electron chi connectivity index (χ2n) is 6.16. The van der Waals surface area contributed by atoms with Crippen molar-refractivity contribution in [3.63, 3.8) is 0 Å². The summed E-state index contributed by atoms with van der Waals surface area (Å²) >= 11 is 3.33. The van der Waals surface area contributed by atoms with Crippen LogP contribution in [0.5, 0.6) is 5.75 Å². The van der Waals surface area contributed by atoms with Gasteiger partial charge < -0.3 is 19.7 Å². The van der Waals surface area contributed by atoms with E-state index in [0.717, 1.165) is 10.5 Å². The normalized spacial score (nSPS) is 12.9. The molecule has 8 heteroatoms. The fourth-order valence-corrected chi connectivity index (χ4v) is 2.82. The maximum atomic E-state index is 12.4. The molecule has 0 saturated carbocycles. The Labute approximate surface area is 177 Å². The number of halogens is 1. The Hall–Kier alpha value is -2.84. The van der Waals surface area contributed by atoms with Gasteiger partial charge in [-0.25, -0.2) is 9.59 Å². The van der Waals surface area contributed by atoms with Crippen molar-refractivity contribution < 1.29 is 29.3 Å². The second kappa shape index (κ2) is 11.2. The van der Waals surface area contributed by atoms with Crippen LogP contribution in [0.4, 0.5) is 10.5 Å². The molecule has 0 unspecified atom stereocenters. The smallest absolute Gasteiger partial charge is 0.412 e. The molecule has 0 aliphatic carbocycles. The van der Waals surface area contributed by atoms with Crippen molar-refractivity contribution in [3.05, 3.63) is 70.7 Å². The van der Waals surface area contributed by atoms with Crippen LogP contribution >= 0.6 is 15.9 Å². The van der Waals surface area contributed by atoms with Gasteiger partial charge in [-0.05, 0) is 42.0 Å². The number of hydrogen-bond donors (Lipinski definition) is 3. The van der Waals surface area contributed by atoms with E-state index in [1.807, 2.05) is 0 Å². The second-order valence-corrected chi connectivity index (χ2v) is 7.07. The first-order valence-corrected chi connectivity index (χ1v) is 9.66. The number of carbonyl (C=O) groups excluding carboxylic acids is 1. The zero-order valence-electron chi connectivity index (χ0n) is 15.7. The number of anilines is 1. The van der Waals surface area contributed by atoms with Crippen LogP contribution in [-0.4, -0.2) is 35.5 Å². The molecule has 1 amide bonds. The Morgan fingerprint density at radius 2 is 1.93 bits per heavy atom. The van der Waals surface area contributed by atoms with Gasteiger partial charge in [0.2, 0.25) is 0 Å². The number of nitrogens with one attached hydrogen (secondary N) is 1. The molecule has 0 radical (unpaired) electrons. The molecule has 0 aliphatic rings. The number of aliphatic hydroxyl groups excluding tert-OH is 1. The maximum absolute atomic E-state index is 12.4. The van der Waals surface area contributed by atoms with E-state index in [-0.39, 0.29) is 13.2 Å². The van der Waals surface area contributed by atoms with E-state index in [1.165, 1.54) is 6.08 Å². The minimum absolute atomic E-state index is 0.127. The van der Waals surface area contributed by atoms with Gasteiger partial charge in [-0.3, -0.25) is 5.32 Å². The molecule has 0 aliphatic heterocycles. The van der Waals surface area contributed by atoms with E-state index < -0.39 is 24.1 Å². The predicted molar refractivity (Wildman–Crippen MR) is 112 cm³/mol. The summed E-state index contributed by atoms with van der Waals surface area (Å²) in [5, 5.41) is 20.5. The number of rotatable bonds is 9. The van der Waals surface area contributed by atoms with Gasteiger partial charge in [0.05, 0.1) is 6.61 Å². The van der Waals surface area contributed by atoms with Crippen molar-refractivity contribution in [2.75, 3.05) is 18.5 Å². The highest BCUT2D eigenvalue weighted by molar-refractivity contribution is 9.10. The molecule has 0 heterocycles. The molecule has 2 atom stereocenters. The zero-order chi connectivity index (χ0) is 21.2. The van der Waals surface area contributed by atoms with E-state index >= 15 is 0 Å². The van der Waals surface area contributed by atoms with Crippen molar-refractivity contribution in [1.29, 1.82) is 0 Å². The molecule has 2 rings (SSSR count). The molecular formula is C21H22BrNO6. The van der Waals surface area contributed by atoms with Gasteiger partial charge in [0, 0.05) is 22.2 Å². The lowest BCUT2D eigenvalue weighted by atomic mass is 9.96. The van der Waals surface area contributed by atoms with Crippen LogP contribution in [-0.2, 0) is 9.53 Å². The lowest BCUT2D eigenvalue weighted by molar-refractivity contribution is -0.131. The minimum atomic E-state index is -1.09. The minimum Gasteiger partial charge on any atom is -0.491 e. The van der Waals surface area contributed by atoms with Gasteiger partial charge in [0.25, 0.3) is 0 Å². The Kier molecular flexibility index (Phi) is 8.69. The van der Waals surface area contributed by atoms with E-state index in [0.29, 0.717) is 17.0 Å². The fraction of sp³-hybridized carbons (Fsp3) is 0.238.